The molecule has 0 amide bonds. The number of ether oxygens (including phenoxy) is 2. The number of rotatable bonds is 8. The second-order valence-corrected chi connectivity index (χ2v) is 13.1. The lowest BCUT2D eigenvalue weighted by atomic mass is 9.45. The summed E-state index contributed by atoms with van der Waals surface area (Å²) in [5, 5.41) is 21.4. The van der Waals surface area contributed by atoms with Gasteiger partial charge in [0.15, 0.2) is 11.6 Å². The van der Waals surface area contributed by atoms with Crippen molar-refractivity contribution in [2.75, 3.05) is 13.2 Å². The van der Waals surface area contributed by atoms with Crippen molar-refractivity contribution in [2.24, 2.45) is 28.1 Å². The lowest BCUT2D eigenvalue weighted by molar-refractivity contribution is -0.149. The van der Waals surface area contributed by atoms with Crippen LogP contribution in [0.4, 0.5) is 0 Å². The van der Waals surface area contributed by atoms with Crippen LogP contribution in [0, 0.1) is 28.1 Å². The predicted octanol–water partition coefficient (Wildman–Crippen LogP) is 3.43. The molecule has 0 aromatic rings. The number of aliphatic hydroxyl groups is 1. The number of aliphatic carboxylic acids is 1. The molecule has 5 rings (SSSR count). The minimum Gasteiger partial charge on any atom is -0.481 e. The molecule has 1 spiro atoms. The maximum atomic E-state index is 14.2. The molecule has 8 nitrogen and oxygen atoms in total. The molecule has 5 aliphatic rings. The van der Waals surface area contributed by atoms with Crippen LogP contribution in [0.15, 0.2) is 11.1 Å². The summed E-state index contributed by atoms with van der Waals surface area (Å²) in [5.74, 6) is -1.90. The van der Waals surface area contributed by atoms with Gasteiger partial charge in [0.25, 0.3) is 0 Å². The minimum absolute atomic E-state index is 0.0953. The lowest BCUT2D eigenvalue weighted by Gasteiger charge is -2.57. The van der Waals surface area contributed by atoms with Crippen LogP contribution in [-0.2, 0) is 28.7 Å². The van der Waals surface area contributed by atoms with Crippen molar-refractivity contribution in [1.29, 1.82) is 0 Å². The Balaban J connectivity index is 1.64. The SMILES string of the molecule is CCC(=O)CC[C@]1(C)OC[C@]23[C@@H](O)C(=O)C4=C(C(=O)C[C@@H]([C@@]5(C)CO5)[C@]4(C)CCC(=O)O)[C@]2(C)CC[C@@H]31. The fraction of sp³-hybridized carbons (Fsp3) is 0.793. The smallest absolute Gasteiger partial charge is 0.303 e. The Labute approximate surface area is 218 Å². The molecule has 2 heterocycles. The number of allylic oxidation sites excluding steroid dienone is 1. The molecule has 3 fully saturated rings. The molecule has 0 aromatic carbocycles. The maximum Gasteiger partial charge on any atom is 0.303 e. The summed E-state index contributed by atoms with van der Waals surface area (Å²) >= 11 is 0. The standard InChI is InChI=1S/C29H40O8/c1-6-16(30)7-12-27(4)18-8-11-26(3)21-17(31)13-19(28(5)14-36-28)25(2,10-9-20(32)33)22(21)23(34)24(35)29(18,26)15-37-27/h18-19,24,35H,6-15H2,1-5H3,(H,32,33)/t18-,19-,24+,25+,26+,27+,28-,29+/m1/s1. The highest BCUT2D eigenvalue weighted by Crippen LogP contribution is 2.73. The molecular weight excluding hydrogens is 476 g/mol. The third-order valence-electron chi connectivity index (χ3n) is 11.2. The molecule has 204 valence electrons. The number of carboxylic acid groups (broad SMARTS) is 1. The van der Waals surface area contributed by atoms with E-state index >= 15 is 0 Å². The van der Waals surface area contributed by atoms with Crippen LogP contribution in [0.25, 0.3) is 0 Å². The summed E-state index contributed by atoms with van der Waals surface area (Å²) in [6, 6.07) is 0. The highest BCUT2D eigenvalue weighted by molar-refractivity contribution is 6.13. The molecule has 0 aromatic heterocycles. The van der Waals surface area contributed by atoms with E-state index in [0.29, 0.717) is 49.9 Å². The number of carboxylic acids is 1. The minimum atomic E-state index is -1.36. The van der Waals surface area contributed by atoms with Gasteiger partial charge < -0.3 is 19.7 Å². The number of epoxide rings is 1. The fourth-order valence-corrected chi connectivity index (χ4v) is 8.88. The summed E-state index contributed by atoms with van der Waals surface area (Å²) in [6.07, 6.45) is 1.51. The topological polar surface area (TPSA) is 130 Å². The van der Waals surface area contributed by atoms with Gasteiger partial charge in [-0.25, -0.2) is 0 Å². The molecule has 0 bridgehead atoms. The van der Waals surface area contributed by atoms with Crippen LogP contribution < -0.4 is 0 Å². The van der Waals surface area contributed by atoms with Gasteiger partial charge in [-0.05, 0) is 45.4 Å². The molecule has 8 heteroatoms. The number of ketones is 3. The first kappa shape index (κ1) is 26.7. The zero-order chi connectivity index (χ0) is 27.2. The van der Waals surface area contributed by atoms with E-state index in [1.54, 1.807) is 0 Å². The van der Waals surface area contributed by atoms with Crippen molar-refractivity contribution in [3.8, 4) is 0 Å². The van der Waals surface area contributed by atoms with Crippen molar-refractivity contribution >= 4 is 23.3 Å². The molecular formula is C29H40O8. The number of carbonyl (C=O) groups excluding carboxylic acids is 3. The van der Waals surface area contributed by atoms with Crippen molar-refractivity contribution in [1.82, 2.24) is 0 Å². The van der Waals surface area contributed by atoms with Gasteiger partial charge in [-0.3, -0.25) is 19.2 Å². The second kappa shape index (κ2) is 8.30. The van der Waals surface area contributed by atoms with E-state index in [-0.39, 0.29) is 49.3 Å². The molecule has 0 radical (unpaired) electrons. The van der Waals surface area contributed by atoms with Gasteiger partial charge in [0, 0.05) is 59.0 Å². The Kier molecular flexibility index (Phi) is 5.99. The predicted molar refractivity (Wildman–Crippen MR) is 133 cm³/mol. The van der Waals surface area contributed by atoms with E-state index in [0.717, 1.165) is 0 Å². The molecule has 2 N–H and O–H groups in total. The highest BCUT2D eigenvalue weighted by atomic mass is 16.6. The largest absolute Gasteiger partial charge is 0.481 e. The van der Waals surface area contributed by atoms with Gasteiger partial charge in [-0.1, -0.05) is 20.8 Å². The van der Waals surface area contributed by atoms with Gasteiger partial charge >= 0.3 is 5.97 Å². The van der Waals surface area contributed by atoms with E-state index in [9.17, 15) is 29.4 Å². The Morgan fingerprint density at radius 1 is 0.973 bits per heavy atom. The summed E-state index contributed by atoms with van der Waals surface area (Å²) in [5.41, 5.74) is -3.12. The number of fused-ring (bicyclic) bond motifs is 1. The Morgan fingerprint density at radius 3 is 2.24 bits per heavy atom. The first-order valence-corrected chi connectivity index (χ1v) is 13.7. The van der Waals surface area contributed by atoms with Gasteiger partial charge in [0.05, 0.1) is 24.4 Å². The Hall–Kier alpha value is -1.90. The third-order valence-corrected chi connectivity index (χ3v) is 11.2. The molecule has 0 unspecified atom stereocenters. The van der Waals surface area contributed by atoms with Gasteiger partial charge in [0.1, 0.15) is 11.9 Å². The van der Waals surface area contributed by atoms with E-state index in [4.69, 9.17) is 9.47 Å². The zero-order valence-electron chi connectivity index (χ0n) is 22.6. The second-order valence-electron chi connectivity index (χ2n) is 13.1. The average molecular weight is 517 g/mol. The van der Waals surface area contributed by atoms with Crippen LogP contribution in [-0.4, -0.2) is 64.1 Å². The van der Waals surface area contributed by atoms with Crippen LogP contribution in [0.5, 0.6) is 0 Å². The molecule has 3 aliphatic carbocycles. The molecule has 8 atom stereocenters. The van der Waals surface area contributed by atoms with Crippen LogP contribution in [0.3, 0.4) is 0 Å². The first-order valence-electron chi connectivity index (χ1n) is 13.7. The van der Waals surface area contributed by atoms with Crippen molar-refractivity contribution < 1.29 is 38.9 Å². The zero-order valence-corrected chi connectivity index (χ0v) is 22.6. The summed E-state index contributed by atoms with van der Waals surface area (Å²) < 4.78 is 12.1. The summed E-state index contributed by atoms with van der Waals surface area (Å²) in [4.78, 5) is 52.0. The van der Waals surface area contributed by atoms with Gasteiger partial charge in [0.2, 0.25) is 0 Å². The number of carbonyl (C=O) groups is 4. The molecule has 1 saturated carbocycles. The maximum absolute atomic E-state index is 14.2. The molecule has 2 saturated heterocycles. The Bertz CT molecular complexity index is 1100. The summed E-state index contributed by atoms with van der Waals surface area (Å²) in [6.45, 7) is 10.2. The number of hydrogen-bond donors (Lipinski definition) is 2. The van der Waals surface area contributed by atoms with E-state index in [1.165, 1.54) is 0 Å². The number of aliphatic hydroxyl groups excluding tert-OH is 1. The number of hydrogen-bond acceptors (Lipinski definition) is 7. The van der Waals surface area contributed by atoms with Crippen LogP contribution >= 0.6 is 0 Å². The lowest BCUT2D eigenvalue weighted by Crippen LogP contribution is -2.63. The Morgan fingerprint density at radius 2 is 1.65 bits per heavy atom. The van der Waals surface area contributed by atoms with Crippen LogP contribution in [0.2, 0.25) is 0 Å². The highest BCUT2D eigenvalue weighted by Gasteiger charge is 2.76. The average Bonchev–Trinajstić information content (AvgIpc) is 3.40. The van der Waals surface area contributed by atoms with Crippen molar-refractivity contribution in [2.45, 2.75) is 103 Å². The quantitative estimate of drug-likeness (QED) is 0.469. The first-order chi connectivity index (χ1) is 17.2. The van der Waals surface area contributed by atoms with E-state index < -0.39 is 45.3 Å². The normalized spacial score (nSPS) is 46.5. The van der Waals surface area contributed by atoms with Crippen molar-refractivity contribution in [3.05, 3.63) is 11.1 Å². The van der Waals surface area contributed by atoms with Crippen LogP contribution in [0.1, 0.15) is 86.0 Å². The van der Waals surface area contributed by atoms with Crippen molar-refractivity contribution in [3.63, 3.8) is 0 Å². The summed E-state index contributed by atoms with van der Waals surface area (Å²) in [7, 11) is 0. The van der Waals surface area contributed by atoms with E-state index in [2.05, 4.69) is 0 Å². The van der Waals surface area contributed by atoms with Gasteiger partial charge in [-0.2, -0.15) is 0 Å². The molecule has 2 aliphatic heterocycles. The number of Topliss-reactive ketones (excluding diaryl/α,β-unsaturated/α-hetero) is 3. The van der Waals surface area contributed by atoms with E-state index in [1.807, 2.05) is 34.6 Å². The third kappa shape index (κ3) is 3.44. The van der Waals surface area contributed by atoms with Gasteiger partial charge in [-0.15, -0.1) is 0 Å². The monoisotopic (exact) mass is 516 g/mol. The fourth-order valence-electron chi connectivity index (χ4n) is 8.88. The molecule has 37 heavy (non-hydrogen) atoms.